The lowest BCUT2D eigenvalue weighted by Crippen LogP contribution is -2.45. The van der Waals surface area contributed by atoms with E-state index >= 15 is 0 Å². The second kappa shape index (κ2) is 7.54. The molecule has 1 saturated heterocycles. The number of rotatable bonds is 6. The van der Waals surface area contributed by atoms with Crippen molar-refractivity contribution in [2.75, 3.05) is 33.3 Å². The Balaban J connectivity index is 1.50. The molecule has 23 heavy (non-hydrogen) atoms. The summed E-state index contributed by atoms with van der Waals surface area (Å²) in [5, 5.41) is 3.95. The molecular formula is C16H23N5O2. The number of piperazine rings is 1. The van der Waals surface area contributed by atoms with Gasteiger partial charge in [0.05, 0.1) is 20.2 Å². The Kier molecular flexibility index (Phi) is 5.22. The number of methoxy groups -OCH3 is 1. The van der Waals surface area contributed by atoms with Crippen molar-refractivity contribution in [2.45, 2.75) is 19.6 Å². The molecule has 3 rings (SSSR count). The normalized spacial score (nSPS) is 16.6. The summed E-state index contributed by atoms with van der Waals surface area (Å²) in [5.74, 6) is 2.16. The summed E-state index contributed by atoms with van der Waals surface area (Å²) in [5.41, 5.74) is 6.72. The zero-order valence-electron chi connectivity index (χ0n) is 13.4. The van der Waals surface area contributed by atoms with Crippen LogP contribution in [0.5, 0.6) is 5.75 Å². The first-order chi connectivity index (χ1) is 11.3. The van der Waals surface area contributed by atoms with Crippen molar-refractivity contribution < 1.29 is 9.26 Å². The Labute approximate surface area is 136 Å². The van der Waals surface area contributed by atoms with E-state index in [1.165, 1.54) is 5.56 Å². The highest BCUT2D eigenvalue weighted by Gasteiger charge is 2.19. The second-order valence-electron chi connectivity index (χ2n) is 5.67. The Morgan fingerprint density at radius 2 is 1.83 bits per heavy atom. The molecule has 0 spiro atoms. The highest BCUT2D eigenvalue weighted by Crippen LogP contribution is 2.20. The molecule has 2 N–H and O–H groups in total. The van der Waals surface area contributed by atoms with Crippen LogP contribution in [0.2, 0.25) is 0 Å². The summed E-state index contributed by atoms with van der Waals surface area (Å²) in [6, 6.07) is 8.19. The van der Waals surface area contributed by atoms with E-state index in [-0.39, 0.29) is 0 Å². The molecule has 124 valence electrons. The van der Waals surface area contributed by atoms with E-state index in [2.05, 4.69) is 32.1 Å². The van der Waals surface area contributed by atoms with Gasteiger partial charge in [0.25, 0.3) is 0 Å². The third-order valence-electron chi connectivity index (χ3n) is 4.10. The van der Waals surface area contributed by atoms with Crippen molar-refractivity contribution in [3.63, 3.8) is 0 Å². The third kappa shape index (κ3) is 4.07. The largest absolute Gasteiger partial charge is 0.496 e. The molecule has 7 heteroatoms. The summed E-state index contributed by atoms with van der Waals surface area (Å²) >= 11 is 0. The number of benzene rings is 1. The van der Waals surface area contributed by atoms with E-state index in [1.807, 2.05) is 12.1 Å². The fraction of sp³-hybridized carbons (Fsp3) is 0.500. The first kappa shape index (κ1) is 15.9. The highest BCUT2D eigenvalue weighted by atomic mass is 16.5. The number of nitrogens with zero attached hydrogens (tertiary/aromatic N) is 4. The number of hydrogen-bond acceptors (Lipinski definition) is 7. The molecule has 0 radical (unpaired) electrons. The molecular weight excluding hydrogens is 294 g/mol. The summed E-state index contributed by atoms with van der Waals surface area (Å²) in [7, 11) is 1.72. The number of para-hydroxylation sites is 1. The molecule has 0 bridgehead atoms. The summed E-state index contributed by atoms with van der Waals surface area (Å²) in [6.07, 6.45) is 0. The molecule has 1 aromatic carbocycles. The Hall–Kier alpha value is -1.96. The van der Waals surface area contributed by atoms with Gasteiger partial charge in [0.15, 0.2) is 5.82 Å². The lowest BCUT2D eigenvalue weighted by molar-refractivity contribution is 0.118. The minimum atomic E-state index is 0.291. The first-order valence-electron chi connectivity index (χ1n) is 7.86. The summed E-state index contributed by atoms with van der Waals surface area (Å²) < 4.78 is 10.5. The van der Waals surface area contributed by atoms with Crippen LogP contribution in [0, 0.1) is 0 Å². The van der Waals surface area contributed by atoms with Gasteiger partial charge in [-0.2, -0.15) is 4.98 Å². The Morgan fingerprint density at radius 1 is 1.13 bits per heavy atom. The molecule has 0 atom stereocenters. The molecule has 2 heterocycles. The van der Waals surface area contributed by atoms with Crippen molar-refractivity contribution in [2.24, 2.45) is 5.73 Å². The maximum atomic E-state index is 5.48. The van der Waals surface area contributed by atoms with Crippen LogP contribution in [0.25, 0.3) is 0 Å². The highest BCUT2D eigenvalue weighted by molar-refractivity contribution is 5.33. The van der Waals surface area contributed by atoms with E-state index in [1.54, 1.807) is 7.11 Å². The lowest BCUT2D eigenvalue weighted by Gasteiger charge is -2.34. The van der Waals surface area contributed by atoms with Crippen molar-refractivity contribution in [3.8, 4) is 5.75 Å². The standard InChI is InChI=1S/C16H23N5O2/c1-22-14-5-3-2-4-13(14)11-20-6-8-21(9-7-20)12-15-18-16(10-17)23-19-15/h2-5H,6-12,17H2,1H3. The van der Waals surface area contributed by atoms with E-state index in [4.69, 9.17) is 15.0 Å². The monoisotopic (exact) mass is 317 g/mol. The number of ether oxygens (including phenoxy) is 1. The molecule has 2 aromatic rings. The Bertz CT molecular complexity index is 622. The summed E-state index contributed by atoms with van der Waals surface area (Å²) in [6.45, 7) is 5.92. The topological polar surface area (TPSA) is 80.7 Å². The molecule has 0 amide bonds. The van der Waals surface area contributed by atoms with Crippen LogP contribution in [-0.2, 0) is 19.6 Å². The molecule has 1 aromatic heterocycles. The fourth-order valence-corrected chi connectivity index (χ4v) is 2.82. The van der Waals surface area contributed by atoms with Gasteiger partial charge in [-0.15, -0.1) is 0 Å². The molecule has 1 aliphatic heterocycles. The third-order valence-corrected chi connectivity index (χ3v) is 4.10. The number of nitrogens with two attached hydrogens (primary N) is 1. The molecule has 0 saturated carbocycles. The first-order valence-corrected chi connectivity index (χ1v) is 7.86. The van der Waals surface area contributed by atoms with Crippen molar-refractivity contribution in [1.82, 2.24) is 19.9 Å². The van der Waals surface area contributed by atoms with Gasteiger partial charge >= 0.3 is 0 Å². The van der Waals surface area contributed by atoms with E-state index in [0.717, 1.165) is 38.5 Å². The number of hydrogen-bond donors (Lipinski definition) is 1. The van der Waals surface area contributed by atoms with Crippen LogP contribution in [0.15, 0.2) is 28.8 Å². The van der Waals surface area contributed by atoms with Crippen molar-refractivity contribution in [3.05, 3.63) is 41.5 Å². The predicted molar refractivity (Wildman–Crippen MR) is 85.7 cm³/mol. The predicted octanol–water partition coefficient (Wildman–Crippen LogP) is 0.855. The molecule has 1 fully saturated rings. The van der Waals surface area contributed by atoms with Gasteiger partial charge in [-0.25, -0.2) is 0 Å². The fourth-order valence-electron chi connectivity index (χ4n) is 2.82. The minimum absolute atomic E-state index is 0.291. The van der Waals surface area contributed by atoms with E-state index in [9.17, 15) is 0 Å². The van der Waals surface area contributed by atoms with E-state index < -0.39 is 0 Å². The van der Waals surface area contributed by atoms with Crippen LogP contribution < -0.4 is 10.5 Å². The van der Waals surface area contributed by atoms with Gasteiger partial charge in [-0.3, -0.25) is 9.80 Å². The zero-order valence-corrected chi connectivity index (χ0v) is 13.4. The average Bonchev–Trinajstić information content (AvgIpc) is 3.05. The van der Waals surface area contributed by atoms with Gasteiger partial charge in [-0.1, -0.05) is 23.4 Å². The Morgan fingerprint density at radius 3 is 2.48 bits per heavy atom. The van der Waals surface area contributed by atoms with Crippen LogP contribution in [0.4, 0.5) is 0 Å². The van der Waals surface area contributed by atoms with Gasteiger partial charge in [0.2, 0.25) is 5.89 Å². The molecule has 0 aliphatic carbocycles. The van der Waals surface area contributed by atoms with E-state index in [0.29, 0.717) is 24.8 Å². The van der Waals surface area contributed by atoms with Gasteiger partial charge in [-0.05, 0) is 6.07 Å². The molecule has 1 aliphatic rings. The van der Waals surface area contributed by atoms with Crippen LogP contribution in [-0.4, -0.2) is 53.2 Å². The summed E-state index contributed by atoms with van der Waals surface area (Å²) in [4.78, 5) is 9.04. The maximum Gasteiger partial charge on any atom is 0.240 e. The van der Waals surface area contributed by atoms with Crippen molar-refractivity contribution >= 4 is 0 Å². The van der Waals surface area contributed by atoms with Gasteiger partial charge in [0, 0.05) is 38.3 Å². The van der Waals surface area contributed by atoms with Gasteiger partial charge < -0.3 is 15.0 Å². The lowest BCUT2D eigenvalue weighted by atomic mass is 10.1. The SMILES string of the molecule is COc1ccccc1CN1CCN(Cc2noc(CN)n2)CC1. The number of aromatic nitrogens is 2. The average molecular weight is 317 g/mol. The maximum absolute atomic E-state index is 5.48. The molecule has 0 unspecified atom stereocenters. The van der Waals surface area contributed by atoms with Crippen LogP contribution in [0.1, 0.15) is 17.3 Å². The quantitative estimate of drug-likeness (QED) is 0.846. The minimum Gasteiger partial charge on any atom is -0.496 e. The van der Waals surface area contributed by atoms with Gasteiger partial charge in [0.1, 0.15) is 5.75 Å². The van der Waals surface area contributed by atoms with Crippen molar-refractivity contribution in [1.29, 1.82) is 0 Å². The van der Waals surface area contributed by atoms with Crippen LogP contribution in [0.3, 0.4) is 0 Å². The smallest absolute Gasteiger partial charge is 0.240 e. The zero-order chi connectivity index (χ0) is 16.1. The molecule has 7 nitrogen and oxygen atoms in total. The second-order valence-corrected chi connectivity index (χ2v) is 5.67. The van der Waals surface area contributed by atoms with Crippen LogP contribution >= 0.6 is 0 Å².